The fourth-order valence-corrected chi connectivity index (χ4v) is 3.64. The van der Waals surface area contributed by atoms with Crippen LogP contribution >= 0.6 is 11.6 Å². The van der Waals surface area contributed by atoms with Gasteiger partial charge in [0, 0.05) is 36.5 Å². The monoisotopic (exact) mass is 399 g/mol. The fraction of sp³-hybridized carbons (Fsp3) is 0.333. The minimum Gasteiger partial charge on any atom is -0.497 e. The van der Waals surface area contributed by atoms with Crippen molar-refractivity contribution in [1.82, 2.24) is 10.4 Å². The second-order valence-electron chi connectivity index (χ2n) is 7.03. The molecule has 1 spiro atoms. The van der Waals surface area contributed by atoms with Crippen molar-refractivity contribution in [2.75, 3.05) is 20.2 Å². The Morgan fingerprint density at radius 2 is 2.00 bits per heavy atom. The second kappa shape index (κ2) is 7.81. The van der Waals surface area contributed by atoms with Gasteiger partial charge in [0.15, 0.2) is 11.6 Å². The Hall–Kier alpha value is -2.57. The summed E-state index contributed by atoms with van der Waals surface area (Å²) in [4.78, 5) is 25.1. The maximum Gasteiger partial charge on any atom is 0.226 e. The molecule has 0 aliphatic carbocycles. The first-order valence-corrected chi connectivity index (χ1v) is 9.65. The Bertz CT molecular complexity index is 890. The summed E-state index contributed by atoms with van der Waals surface area (Å²) in [6.07, 6.45) is 1.67. The summed E-state index contributed by atoms with van der Waals surface area (Å²) < 4.78 is 5.23. The summed E-state index contributed by atoms with van der Waals surface area (Å²) in [7, 11) is 1.62. The summed E-state index contributed by atoms with van der Waals surface area (Å²) >= 11 is 5.95. The Morgan fingerprint density at radius 1 is 1.25 bits per heavy atom. The number of aliphatic imine (C=N–C) groups is 1. The van der Waals surface area contributed by atoms with Crippen LogP contribution in [0.5, 0.6) is 5.75 Å². The standard InChI is InChI=1S/C21H22ClN3O3/c1-27-18-4-2-3-15(13-18)14-19(26)25-11-9-21(10-12-25)23-20(24-28-21)16-5-7-17(22)8-6-16/h2-8,13H,9-12,14H2,1H3,(H,23,24). The molecule has 4 rings (SSSR count). The molecule has 0 saturated carbocycles. The van der Waals surface area contributed by atoms with E-state index in [0.717, 1.165) is 16.9 Å². The van der Waals surface area contributed by atoms with Gasteiger partial charge in [-0.05, 0) is 42.0 Å². The van der Waals surface area contributed by atoms with Crippen LogP contribution in [-0.2, 0) is 16.1 Å². The number of piperidine rings is 1. The molecule has 0 unspecified atom stereocenters. The number of amides is 1. The van der Waals surface area contributed by atoms with Gasteiger partial charge in [-0.1, -0.05) is 23.7 Å². The Labute approximate surface area is 169 Å². The lowest BCUT2D eigenvalue weighted by molar-refractivity contribution is -0.138. The van der Waals surface area contributed by atoms with Gasteiger partial charge in [0.25, 0.3) is 0 Å². The maximum absolute atomic E-state index is 12.7. The number of methoxy groups -OCH3 is 1. The molecule has 2 heterocycles. The van der Waals surface area contributed by atoms with E-state index >= 15 is 0 Å². The highest BCUT2D eigenvalue weighted by Gasteiger charge is 2.41. The average molecular weight is 400 g/mol. The number of halogens is 1. The zero-order chi connectivity index (χ0) is 19.6. The first-order valence-electron chi connectivity index (χ1n) is 9.27. The molecule has 146 valence electrons. The molecule has 1 saturated heterocycles. The highest BCUT2D eigenvalue weighted by molar-refractivity contribution is 6.30. The van der Waals surface area contributed by atoms with Crippen LogP contribution < -0.4 is 10.2 Å². The molecule has 2 aliphatic rings. The Balaban J connectivity index is 1.37. The van der Waals surface area contributed by atoms with Crippen molar-refractivity contribution in [2.45, 2.75) is 25.0 Å². The molecule has 2 aliphatic heterocycles. The van der Waals surface area contributed by atoms with E-state index in [1.165, 1.54) is 0 Å². The average Bonchev–Trinajstić information content (AvgIpc) is 3.12. The van der Waals surface area contributed by atoms with Crippen molar-refractivity contribution in [3.63, 3.8) is 0 Å². The maximum atomic E-state index is 12.7. The summed E-state index contributed by atoms with van der Waals surface area (Å²) in [6, 6.07) is 15.1. The molecule has 6 nitrogen and oxygen atoms in total. The van der Waals surface area contributed by atoms with E-state index in [1.807, 2.05) is 53.4 Å². The molecule has 2 aromatic carbocycles. The van der Waals surface area contributed by atoms with Gasteiger partial charge in [-0.15, -0.1) is 0 Å². The lowest BCUT2D eigenvalue weighted by Gasteiger charge is -2.35. The number of carbonyl (C=O) groups excluding carboxylic acids is 1. The largest absolute Gasteiger partial charge is 0.497 e. The number of hydrogen-bond acceptors (Lipinski definition) is 5. The molecule has 1 fully saturated rings. The highest BCUT2D eigenvalue weighted by Crippen LogP contribution is 2.31. The zero-order valence-corrected chi connectivity index (χ0v) is 16.4. The van der Waals surface area contributed by atoms with Crippen LogP contribution in [0.1, 0.15) is 24.0 Å². The number of carbonyl (C=O) groups is 1. The summed E-state index contributed by atoms with van der Waals surface area (Å²) in [5, 5.41) is 0.681. The fourth-order valence-electron chi connectivity index (χ4n) is 3.51. The van der Waals surface area contributed by atoms with Crippen LogP contribution in [0.3, 0.4) is 0 Å². The van der Waals surface area contributed by atoms with Crippen molar-refractivity contribution in [2.24, 2.45) is 4.99 Å². The van der Waals surface area contributed by atoms with E-state index < -0.39 is 5.72 Å². The van der Waals surface area contributed by atoms with Gasteiger partial charge in [0.1, 0.15) is 5.75 Å². The molecule has 2 aromatic rings. The normalized spacial score (nSPS) is 17.9. The van der Waals surface area contributed by atoms with Crippen molar-refractivity contribution in [3.8, 4) is 5.75 Å². The number of nitrogens with zero attached hydrogens (tertiary/aromatic N) is 2. The quantitative estimate of drug-likeness (QED) is 0.857. The predicted octanol–water partition coefficient (Wildman–Crippen LogP) is 3.19. The SMILES string of the molecule is COc1cccc(CC(=O)N2CCC3(CC2)N=C(c2ccc(Cl)cc2)NO3)c1. The van der Waals surface area contributed by atoms with Gasteiger partial charge in [0.05, 0.1) is 13.5 Å². The van der Waals surface area contributed by atoms with Crippen LogP contribution in [0.25, 0.3) is 0 Å². The van der Waals surface area contributed by atoms with Gasteiger partial charge in [-0.25, -0.2) is 15.3 Å². The summed E-state index contributed by atoms with van der Waals surface area (Å²) in [5.74, 6) is 1.57. The van der Waals surface area contributed by atoms with Gasteiger partial charge in [0.2, 0.25) is 5.91 Å². The third-order valence-corrected chi connectivity index (χ3v) is 5.41. The topological polar surface area (TPSA) is 63.2 Å². The Morgan fingerprint density at radius 3 is 2.71 bits per heavy atom. The molecule has 0 aromatic heterocycles. The number of amidine groups is 1. The number of benzene rings is 2. The van der Waals surface area contributed by atoms with Crippen LogP contribution in [0, 0.1) is 0 Å². The number of hydrogen-bond donors (Lipinski definition) is 1. The second-order valence-corrected chi connectivity index (χ2v) is 7.46. The van der Waals surface area contributed by atoms with Gasteiger partial charge in [-0.3, -0.25) is 4.79 Å². The van der Waals surface area contributed by atoms with E-state index in [2.05, 4.69) is 5.48 Å². The first-order chi connectivity index (χ1) is 13.6. The van der Waals surface area contributed by atoms with E-state index in [9.17, 15) is 4.79 Å². The van der Waals surface area contributed by atoms with Crippen molar-refractivity contribution in [1.29, 1.82) is 0 Å². The van der Waals surface area contributed by atoms with Gasteiger partial charge < -0.3 is 9.64 Å². The van der Waals surface area contributed by atoms with E-state index in [4.69, 9.17) is 26.2 Å². The number of ether oxygens (including phenoxy) is 1. The predicted molar refractivity (Wildman–Crippen MR) is 107 cm³/mol. The molecule has 0 atom stereocenters. The third-order valence-electron chi connectivity index (χ3n) is 5.16. The van der Waals surface area contributed by atoms with Crippen LogP contribution in [0.4, 0.5) is 0 Å². The van der Waals surface area contributed by atoms with Gasteiger partial charge in [-0.2, -0.15) is 0 Å². The third kappa shape index (κ3) is 3.98. The van der Waals surface area contributed by atoms with Crippen LogP contribution in [0.15, 0.2) is 53.5 Å². The number of nitrogens with one attached hydrogen (secondary N) is 1. The summed E-state index contributed by atoms with van der Waals surface area (Å²) in [5.41, 5.74) is 4.21. The van der Waals surface area contributed by atoms with Crippen molar-refractivity contribution in [3.05, 3.63) is 64.7 Å². The lowest BCUT2D eigenvalue weighted by atomic mass is 10.00. The molecule has 7 heteroatoms. The number of likely N-dealkylation sites (tertiary alicyclic amines) is 1. The smallest absolute Gasteiger partial charge is 0.226 e. The molecule has 1 N–H and O–H groups in total. The lowest BCUT2D eigenvalue weighted by Crippen LogP contribution is -2.47. The molecular formula is C21H22ClN3O3. The van der Waals surface area contributed by atoms with Gasteiger partial charge >= 0.3 is 0 Å². The number of hydroxylamine groups is 1. The summed E-state index contributed by atoms with van der Waals surface area (Å²) in [6.45, 7) is 1.23. The molecule has 0 bridgehead atoms. The number of rotatable bonds is 4. The minimum atomic E-state index is -0.609. The molecule has 28 heavy (non-hydrogen) atoms. The molecule has 0 radical (unpaired) electrons. The van der Waals surface area contributed by atoms with E-state index in [1.54, 1.807) is 7.11 Å². The highest BCUT2D eigenvalue weighted by atomic mass is 35.5. The van der Waals surface area contributed by atoms with E-state index in [-0.39, 0.29) is 5.91 Å². The van der Waals surface area contributed by atoms with Crippen LogP contribution in [0.2, 0.25) is 5.02 Å². The zero-order valence-electron chi connectivity index (χ0n) is 15.7. The first kappa shape index (κ1) is 18.8. The van der Waals surface area contributed by atoms with Crippen molar-refractivity contribution >= 4 is 23.3 Å². The Kier molecular flexibility index (Phi) is 5.24. The molecular weight excluding hydrogens is 378 g/mol. The molecule has 1 amide bonds. The minimum absolute atomic E-state index is 0.107. The van der Waals surface area contributed by atoms with Crippen molar-refractivity contribution < 1.29 is 14.4 Å². The van der Waals surface area contributed by atoms with Crippen LogP contribution in [-0.4, -0.2) is 42.6 Å². The van der Waals surface area contributed by atoms with E-state index in [0.29, 0.717) is 43.2 Å².